The van der Waals surface area contributed by atoms with E-state index in [9.17, 15) is 4.79 Å². The zero-order chi connectivity index (χ0) is 19.4. The first-order valence-electron chi connectivity index (χ1n) is 8.47. The number of rotatable bonds is 6. The Morgan fingerprint density at radius 2 is 1.78 bits per heavy atom. The lowest BCUT2D eigenvalue weighted by molar-refractivity contribution is 0.104. The number of ketones is 1. The number of hydrogen-bond donors (Lipinski definition) is 0. The number of furan rings is 1. The summed E-state index contributed by atoms with van der Waals surface area (Å²) in [5, 5.41) is 1.07. The predicted molar refractivity (Wildman–Crippen MR) is 110 cm³/mol. The van der Waals surface area contributed by atoms with E-state index in [0.29, 0.717) is 27.1 Å². The van der Waals surface area contributed by atoms with Gasteiger partial charge in [0.1, 0.15) is 17.3 Å². The smallest absolute Gasteiger partial charge is 0.185 e. The SMILES string of the molecule is CC(C)Oc1ccc(C(=O)/C=C/c2ccc(-c3ccc(Cl)cc3Cl)o2)cc1. The van der Waals surface area contributed by atoms with Gasteiger partial charge in [0.15, 0.2) is 5.78 Å². The molecule has 0 unspecified atom stereocenters. The van der Waals surface area contributed by atoms with Crippen LogP contribution in [0.5, 0.6) is 5.75 Å². The van der Waals surface area contributed by atoms with Crippen LogP contribution < -0.4 is 4.74 Å². The molecule has 0 spiro atoms. The molecule has 0 aliphatic carbocycles. The van der Waals surface area contributed by atoms with Gasteiger partial charge in [-0.15, -0.1) is 0 Å². The molecule has 0 aliphatic heterocycles. The molecule has 2 aromatic carbocycles. The number of hydrogen-bond acceptors (Lipinski definition) is 3. The van der Waals surface area contributed by atoms with Crippen molar-refractivity contribution >= 4 is 35.1 Å². The normalized spacial score (nSPS) is 11.3. The summed E-state index contributed by atoms with van der Waals surface area (Å²) in [6.45, 7) is 3.91. The second-order valence-electron chi connectivity index (χ2n) is 6.21. The van der Waals surface area contributed by atoms with E-state index in [1.54, 1.807) is 60.7 Å². The highest BCUT2D eigenvalue weighted by molar-refractivity contribution is 6.36. The Labute approximate surface area is 168 Å². The summed E-state index contributed by atoms with van der Waals surface area (Å²) in [4.78, 5) is 12.3. The van der Waals surface area contributed by atoms with Gasteiger partial charge < -0.3 is 9.15 Å². The van der Waals surface area contributed by atoms with Crippen LogP contribution in [0.3, 0.4) is 0 Å². The van der Waals surface area contributed by atoms with Gasteiger partial charge >= 0.3 is 0 Å². The average Bonchev–Trinajstić information content (AvgIpc) is 3.08. The van der Waals surface area contributed by atoms with E-state index in [1.807, 2.05) is 13.8 Å². The molecule has 0 atom stereocenters. The Kier molecular flexibility index (Phi) is 6.04. The van der Waals surface area contributed by atoms with Crippen LogP contribution in [0.1, 0.15) is 30.0 Å². The minimum atomic E-state index is -0.117. The van der Waals surface area contributed by atoms with Gasteiger partial charge in [0.05, 0.1) is 11.1 Å². The van der Waals surface area contributed by atoms with Crippen molar-refractivity contribution in [3.8, 4) is 17.1 Å². The molecule has 3 nitrogen and oxygen atoms in total. The van der Waals surface area contributed by atoms with Crippen molar-refractivity contribution in [2.24, 2.45) is 0 Å². The predicted octanol–water partition coefficient (Wildman–Crippen LogP) is 6.94. The fourth-order valence-corrected chi connectivity index (χ4v) is 3.00. The van der Waals surface area contributed by atoms with Crippen LogP contribution in [0.25, 0.3) is 17.4 Å². The van der Waals surface area contributed by atoms with Gasteiger partial charge in [0, 0.05) is 16.1 Å². The van der Waals surface area contributed by atoms with Crippen molar-refractivity contribution in [1.29, 1.82) is 0 Å². The summed E-state index contributed by atoms with van der Waals surface area (Å²) in [6, 6.07) is 15.8. The highest BCUT2D eigenvalue weighted by Gasteiger charge is 2.09. The average molecular weight is 401 g/mol. The van der Waals surface area contributed by atoms with Gasteiger partial charge in [-0.25, -0.2) is 0 Å². The molecule has 0 radical (unpaired) electrons. The molecule has 1 heterocycles. The van der Waals surface area contributed by atoms with Crippen molar-refractivity contribution in [3.63, 3.8) is 0 Å². The summed E-state index contributed by atoms with van der Waals surface area (Å²) in [7, 11) is 0. The highest BCUT2D eigenvalue weighted by atomic mass is 35.5. The van der Waals surface area contributed by atoms with E-state index in [0.717, 1.165) is 11.3 Å². The van der Waals surface area contributed by atoms with Crippen LogP contribution in [0, 0.1) is 0 Å². The zero-order valence-corrected chi connectivity index (χ0v) is 16.4. The standard InChI is InChI=1S/C22H18Cl2O3/c1-14(2)26-17-6-3-15(4-7-17)21(25)11-8-18-9-12-22(27-18)19-10-5-16(23)13-20(19)24/h3-14H,1-2H3/b11-8+. The molecule has 0 N–H and O–H groups in total. The van der Waals surface area contributed by atoms with Crippen LogP contribution in [-0.4, -0.2) is 11.9 Å². The largest absolute Gasteiger partial charge is 0.491 e. The number of carbonyl (C=O) groups excluding carboxylic acids is 1. The third-order valence-electron chi connectivity index (χ3n) is 3.73. The van der Waals surface area contributed by atoms with Crippen LogP contribution >= 0.6 is 23.2 Å². The Bertz CT molecular complexity index is 969. The molecule has 0 saturated carbocycles. The Morgan fingerprint density at radius 1 is 1.04 bits per heavy atom. The Morgan fingerprint density at radius 3 is 2.44 bits per heavy atom. The molecule has 5 heteroatoms. The van der Waals surface area contributed by atoms with Crippen molar-refractivity contribution in [1.82, 2.24) is 0 Å². The highest BCUT2D eigenvalue weighted by Crippen LogP contribution is 2.31. The van der Waals surface area contributed by atoms with Gasteiger partial charge in [0.25, 0.3) is 0 Å². The fraction of sp³-hybridized carbons (Fsp3) is 0.136. The molecule has 0 aliphatic rings. The zero-order valence-electron chi connectivity index (χ0n) is 14.9. The molecule has 0 saturated heterocycles. The lowest BCUT2D eigenvalue weighted by Crippen LogP contribution is -2.05. The van der Waals surface area contributed by atoms with Crippen molar-refractivity contribution in [2.75, 3.05) is 0 Å². The maximum absolute atomic E-state index is 12.3. The second kappa shape index (κ2) is 8.47. The lowest BCUT2D eigenvalue weighted by atomic mass is 10.1. The van der Waals surface area contributed by atoms with Crippen LogP contribution in [0.2, 0.25) is 10.0 Å². The van der Waals surface area contributed by atoms with Crippen molar-refractivity contribution in [3.05, 3.63) is 82.0 Å². The number of allylic oxidation sites excluding steroid dienone is 1. The molecule has 0 bridgehead atoms. The van der Waals surface area contributed by atoms with E-state index in [4.69, 9.17) is 32.4 Å². The van der Waals surface area contributed by atoms with Crippen LogP contribution in [-0.2, 0) is 0 Å². The van der Waals surface area contributed by atoms with Crippen molar-refractivity contribution < 1.29 is 13.9 Å². The van der Waals surface area contributed by atoms with E-state index in [1.165, 1.54) is 6.08 Å². The van der Waals surface area contributed by atoms with E-state index in [-0.39, 0.29) is 11.9 Å². The quantitative estimate of drug-likeness (QED) is 0.332. The number of benzene rings is 2. The second-order valence-corrected chi connectivity index (χ2v) is 7.06. The molecule has 138 valence electrons. The number of carbonyl (C=O) groups is 1. The van der Waals surface area contributed by atoms with Crippen LogP contribution in [0.15, 0.2) is 65.1 Å². The number of halogens is 2. The first kappa shape index (κ1) is 19.3. The molecule has 3 rings (SSSR count). The Balaban J connectivity index is 1.71. The number of ether oxygens (including phenoxy) is 1. The summed E-state index contributed by atoms with van der Waals surface area (Å²) >= 11 is 12.1. The molecular weight excluding hydrogens is 383 g/mol. The topological polar surface area (TPSA) is 39.4 Å². The minimum absolute atomic E-state index is 0.0914. The molecule has 1 aromatic heterocycles. The fourth-order valence-electron chi connectivity index (χ4n) is 2.50. The Hall–Kier alpha value is -2.49. The minimum Gasteiger partial charge on any atom is -0.491 e. The molecule has 27 heavy (non-hydrogen) atoms. The molecular formula is C22H18Cl2O3. The van der Waals surface area contributed by atoms with Crippen LogP contribution in [0.4, 0.5) is 0 Å². The van der Waals surface area contributed by atoms with Gasteiger partial charge in [-0.1, -0.05) is 23.2 Å². The summed E-state index contributed by atoms with van der Waals surface area (Å²) in [5.74, 6) is 1.79. The van der Waals surface area contributed by atoms with E-state index < -0.39 is 0 Å². The molecule has 0 fully saturated rings. The van der Waals surface area contributed by atoms with Crippen molar-refractivity contribution in [2.45, 2.75) is 20.0 Å². The maximum Gasteiger partial charge on any atom is 0.185 e. The van der Waals surface area contributed by atoms with E-state index >= 15 is 0 Å². The van der Waals surface area contributed by atoms with Gasteiger partial charge in [-0.05, 0) is 80.6 Å². The molecule has 0 amide bonds. The van der Waals surface area contributed by atoms with Gasteiger partial charge in [-0.3, -0.25) is 4.79 Å². The first-order valence-corrected chi connectivity index (χ1v) is 9.22. The summed E-state index contributed by atoms with van der Waals surface area (Å²) in [5.41, 5.74) is 1.32. The van der Waals surface area contributed by atoms with Gasteiger partial charge in [-0.2, -0.15) is 0 Å². The first-order chi connectivity index (χ1) is 12.9. The lowest BCUT2D eigenvalue weighted by Gasteiger charge is -2.09. The van der Waals surface area contributed by atoms with Gasteiger partial charge in [0.2, 0.25) is 0 Å². The monoisotopic (exact) mass is 400 g/mol. The van der Waals surface area contributed by atoms with E-state index in [2.05, 4.69) is 0 Å². The maximum atomic E-state index is 12.3. The summed E-state index contributed by atoms with van der Waals surface area (Å²) in [6.07, 6.45) is 3.20. The third kappa shape index (κ3) is 5.03. The summed E-state index contributed by atoms with van der Waals surface area (Å²) < 4.78 is 11.3. The third-order valence-corrected chi connectivity index (χ3v) is 4.28. The molecule has 3 aromatic rings.